The highest BCUT2D eigenvalue weighted by Crippen LogP contribution is 2.35. The number of halogens is 10. The molecule has 0 unspecified atom stereocenters. The molecule has 0 spiro atoms. The van der Waals surface area contributed by atoms with Gasteiger partial charge in [0, 0.05) is 12.1 Å². The molecule has 1 aliphatic rings. The van der Waals surface area contributed by atoms with Crippen LogP contribution in [0.1, 0.15) is 6.92 Å². The van der Waals surface area contributed by atoms with Gasteiger partial charge in [0.05, 0.1) is 24.5 Å². The third kappa shape index (κ3) is 7.39. The zero-order valence-electron chi connectivity index (χ0n) is 19.1. The normalized spacial score (nSPS) is 17.8. The fraction of sp³-hybridized carbons (Fsp3) is 0.474. The van der Waals surface area contributed by atoms with E-state index >= 15 is 0 Å². The second-order valence-electron chi connectivity index (χ2n) is 8.04. The first-order chi connectivity index (χ1) is 17.6. The van der Waals surface area contributed by atoms with Gasteiger partial charge < -0.3 is 25.8 Å². The van der Waals surface area contributed by atoms with Crippen LogP contribution in [0.25, 0.3) is 0 Å². The van der Waals surface area contributed by atoms with E-state index in [1.54, 1.807) is 5.32 Å². The number of benzene rings is 1. The minimum Gasteiger partial charge on any atom is -0.439 e. The average molecular weight is 586 g/mol. The van der Waals surface area contributed by atoms with E-state index in [1.807, 2.05) is 5.32 Å². The molecule has 0 saturated heterocycles. The number of fused-ring (bicyclic) bond motifs is 1. The van der Waals surface area contributed by atoms with Gasteiger partial charge in [-0.25, -0.2) is 13.6 Å². The number of carbonyl (C=O) groups is 4. The third-order valence-electron chi connectivity index (χ3n) is 4.92. The molecule has 2 atom stereocenters. The van der Waals surface area contributed by atoms with Crippen molar-refractivity contribution >= 4 is 35.2 Å². The summed E-state index contributed by atoms with van der Waals surface area (Å²) in [6.07, 6.45) is -13.0. The summed E-state index contributed by atoms with van der Waals surface area (Å²) in [6.45, 7) is -5.42. The lowest BCUT2D eigenvalue weighted by atomic mass is 10.0. The van der Waals surface area contributed by atoms with Gasteiger partial charge in [-0.15, -0.1) is 0 Å². The van der Waals surface area contributed by atoms with E-state index in [0.29, 0.717) is 13.0 Å². The summed E-state index contributed by atoms with van der Waals surface area (Å²) in [5.74, 6) is -14.1. The largest absolute Gasteiger partial charge is 0.455 e. The lowest BCUT2D eigenvalue weighted by Gasteiger charge is -2.28. The molecule has 10 nitrogen and oxygen atoms in total. The first-order valence-corrected chi connectivity index (χ1v) is 10.1. The van der Waals surface area contributed by atoms with Crippen LogP contribution in [-0.2, 0) is 19.1 Å². The summed E-state index contributed by atoms with van der Waals surface area (Å²) in [6, 6.07) is -1.51. The van der Waals surface area contributed by atoms with Crippen molar-refractivity contribution in [2.24, 2.45) is 0 Å². The number of nitrogens with zero attached hydrogens (tertiary/aromatic N) is 1. The van der Waals surface area contributed by atoms with Crippen LogP contribution in [-0.4, -0.2) is 78.5 Å². The Hall–Kier alpha value is -3.84. The molecule has 218 valence electrons. The van der Waals surface area contributed by atoms with Gasteiger partial charge in [-0.3, -0.25) is 19.3 Å². The van der Waals surface area contributed by atoms with E-state index in [-0.39, 0.29) is 11.0 Å². The number of ether oxygens (including phenoxy) is 1. The molecule has 0 bridgehead atoms. The van der Waals surface area contributed by atoms with Gasteiger partial charge >= 0.3 is 24.4 Å². The molecule has 1 aromatic rings. The number of hydrogen-bond donors (Lipinski definition) is 4. The van der Waals surface area contributed by atoms with Crippen molar-refractivity contribution in [1.82, 2.24) is 10.6 Å². The molecule has 0 saturated carbocycles. The molecule has 20 heteroatoms. The van der Waals surface area contributed by atoms with Gasteiger partial charge in [0.1, 0.15) is 6.04 Å². The zero-order valence-corrected chi connectivity index (χ0v) is 19.1. The number of rotatable bonds is 6. The second kappa shape index (κ2) is 10.7. The van der Waals surface area contributed by atoms with Crippen molar-refractivity contribution in [3.8, 4) is 0 Å². The van der Waals surface area contributed by atoms with Crippen LogP contribution in [0.5, 0.6) is 0 Å². The van der Waals surface area contributed by atoms with Gasteiger partial charge in [0.2, 0.25) is 11.5 Å². The Labute approximate surface area is 210 Å². The van der Waals surface area contributed by atoms with E-state index in [9.17, 15) is 68.2 Å². The maximum atomic E-state index is 13.8. The number of carbonyl (C=O) groups excluding carboxylic acids is 4. The maximum absolute atomic E-state index is 13.8. The first-order valence-electron chi connectivity index (χ1n) is 10.1. The van der Waals surface area contributed by atoms with Crippen molar-refractivity contribution < 1.29 is 72.9 Å². The topological polar surface area (TPSA) is 137 Å². The predicted octanol–water partition coefficient (Wildman–Crippen LogP) is 1.97. The average Bonchev–Trinajstić information content (AvgIpc) is 2.91. The molecule has 39 heavy (non-hydrogen) atoms. The highest BCUT2D eigenvalue weighted by Gasteiger charge is 2.58. The Kier molecular flexibility index (Phi) is 8.63. The minimum atomic E-state index is -6.11. The molecule has 0 fully saturated rings. The number of amides is 4. The van der Waals surface area contributed by atoms with Crippen molar-refractivity contribution in [2.45, 2.75) is 36.8 Å². The fourth-order valence-electron chi connectivity index (χ4n) is 2.81. The zero-order chi connectivity index (χ0) is 30.1. The highest BCUT2D eigenvalue weighted by atomic mass is 19.4. The van der Waals surface area contributed by atoms with Crippen LogP contribution in [0.3, 0.4) is 0 Å². The second-order valence-corrected chi connectivity index (χ2v) is 8.04. The summed E-state index contributed by atoms with van der Waals surface area (Å²) in [4.78, 5) is 49.5. The van der Waals surface area contributed by atoms with Crippen LogP contribution in [0, 0.1) is 11.6 Å². The summed E-state index contributed by atoms with van der Waals surface area (Å²) < 4.78 is 132. The summed E-state index contributed by atoms with van der Waals surface area (Å²) in [7, 11) is 0. The molecule has 4 N–H and O–H groups in total. The Bertz CT molecular complexity index is 1150. The lowest BCUT2D eigenvalue weighted by Crippen LogP contribution is -2.61. The van der Waals surface area contributed by atoms with Crippen molar-refractivity contribution in [2.75, 3.05) is 29.9 Å². The Morgan fingerprint density at radius 1 is 1.05 bits per heavy atom. The smallest absolute Gasteiger partial charge is 0.439 e. The molecular weight excluding hydrogens is 570 g/mol. The summed E-state index contributed by atoms with van der Waals surface area (Å²) >= 11 is 0. The Balaban J connectivity index is 2.30. The van der Waals surface area contributed by atoms with Crippen molar-refractivity contribution in [3.05, 3.63) is 23.8 Å². The maximum Gasteiger partial charge on any atom is 0.455 e. The number of aliphatic hydroxyl groups is 1. The van der Waals surface area contributed by atoms with E-state index in [1.165, 1.54) is 0 Å². The van der Waals surface area contributed by atoms with Gasteiger partial charge in [0.25, 0.3) is 11.8 Å². The molecule has 4 amide bonds. The quantitative estimate of drug-likeness (QED) is 0.297. The molecule has 0 radical (unpaired) electrons. The Morgan fingerprint density at radius 3 is 2.15 bits per heavy atom. The summed E-state index contributed by atoms with van der Waals surface area (Å²) in [5.41, 5.74) is -4.87. The van der Waals surface area contributed by atoms with Crippen LogP contribution in [0.4, 0.5) is 60.1 Å². The SMILES string of the molecule is C[C@@](O)(C(=O)NCC(F)(F)C(F)(F)F)C(=O)N[C@H]1CN(C(=O)OCC(F)(F)F)c2cc(F)c(F)cc2NC1=O. The predicted molar refractivity (Wildman–Crippen MR) is 106 cm³/mol. The van der Waals surface area contributed by atoms with Crippen LogP contribution in [0.2, 0.25) is 0 Å². The van der Waals surface area contributed by atoms with Gasteiger partial charge in [-0.1, -0.05) is 0 Å². The molecule has 1 heterocycles. The number of nitrogens with one attached hydrogen (secondary N) is 3. The number of hydrogen-bond acceptors (Lipinski definition) is 6. The minimum absolute atomic E-state index is 0.158. The van der Waals surface area contributed by atoms with E-state index in [2.05, 4.69) is 4.74 Å². The van der Waals surface area contributed by atoms with Crippen LogP contribution < -0.4 is 20.9 Å². The van der Waals surface area contributed by atoms with E-state index in [4.69, 9.17) is 0 Å². The Morgan fingerprint density at radius 2 is 1.62 bits per heavy atom. The van der Waals surface area contributed by atoms with Gasteiger partial charge in [0.15, 0.2) is 18.2 Å². The van der Waals surface area contributed by atoms with Crippen LogP contribution >= 0.6 is 0 Å². The molecule has 2 rings (SSSR count). The molecule has 0 aliphatic carbocycles. The first kappa shape index (κ1) is 31.4. The number of anilines is 2. The third-order valence-corrected chi connectivity index (χ3v) is 4.92. The highest BCUT2D eigenvalue weighted by molar-refractivity contribution is 6.10. The summed E-state index contributed by atoms with van der Waals surface area (Å²) in [5, 5.41) is 14.7. The standard InChI is InChI=1S/C19H16F10N4O6/c1-16(38,13(35)30-5-17(22,23)19(27,28)29)14(36)32-10-4-33(15(37)39-6-18(24,25)26)11-3-8(21)7(20)2-9(11)31-12(10)34/h2-3,10,38H,4-6H2,1H3,(H,30,35)(H,31,34)(H,32,36)/t10-,16+/m0/s1. The molecular formula is C19H16F10N4O6. The fourth-order valence-corrected chi connectivity index (χ4v) is 2.81. The van der Waals surface area contributed by atoms with Crippen molar-refractivity contribution in [1.29, 1.82) is 0 Å². The number of alkyl halides is 8. The van der Waals surface area contributed by atoms with E-state index in [0.717, 1.165) is 5.32 Å². The van der Waals surface area contributed by atoms with Gasteiger partial charge in [-0.05, 0) is 6.92 Å². The molecule has 1 aliphatic heterocycles. The van der Waals surface area contributed by atoms with Crippen LogP contribution in [0.15, 0.2) is 12.1 Å². The monoisotopic (exact) mass is 586 g/mol. The molecule has 1 aromatic carbocycles. The van der Waals surface area contributed by atoms with Crippen molar-refractivity contribution in [3.63, 3.8) is 0 Å². The van der Waals surface area contributed by atoms with E-state index < -0.39 is 96.4 Å². The molecule has 0 aromatic heterocycles. The lowest BCUT2D eigenvalue weighted by molar-refractivity contribution is -0.278. The van der Waals surface area contributed by atoms with Gasteiger partial charge in [-0.2, -0.15) is 35.1 Å².